The first-order valence-corrected chi connectivity index (χ1v) is 4.11. The van der Waals surface area contributed by atoms with Crippen molar-refractivity contribution in [3.05, 3.63) is 35.9 Å². The van der Waals surface area contributed by atoms with E-state index in [1.165, 1.54) is 18.2 Å². The van der Waals surface area contributed by atoms with Gasteiger partial charge in [0, 0.05) is 7.05 Å². The molecule has 1 aliphatic rings. The molecule has 0 saturated heterocycles. The minimum absolute atomic E-state index is 0.192. The average molecular weight is 188 g/mol. The fourth-order valence-electron chi connectivity index (χ4n) is 1.46. The van der Waals surface area contributed by atoms with E-state index in [0.29, 0.717) is 11.5 Å². The Morgan fingerprint density at radius 1 is 1.36 bits per heavy atom. The third-order valence-electron chi connectivity index (χ3n) is 2.17. The number of nitrogens with zero attached hydrogens (tertiary/aromatic N) is 2. The predicted molar refractivity (Wildman–Crippen MR) is 51.1 cm³/mol. The zero-order valence-electron chi connectivity index (χ0n) is 7.65. The summed E-state index contributed by atoms with van der Waals surface area (Å²) in [5.41, 5.74) is 0.558. The number of rotatable bonds is 1. The van der Waals surface area contributed by atoms with Gasteiger partial charge in [-0.15, -0.1) is 0 Å². The minimum Gasteiger partial charge on any atom is -0.324 e. The van der Waals surface area contributed by atoms with E-state index in [9.17, 15) is 9.59 Å². The van der Waals surface area contributed by atoms with Crippen LogP contribution in [-0.4, -0.2) is 21.1 Å². The van der Waals surface area contributed by atoms with Crippen LogP contribution in [-0.2, 0) is 7.05 Å². The molecule has 0 amide bonds. The Bertz CT molecular complexity index is 481. The van der Waals surface area contributed by atoms with Crippen LogP contribution >= 0.6 is 0 Å². The van der Waals surface area contributed by atoms with E-state index in [4.69, 9.17) is 0 Å². The molecule has 0 saturated carbocycles. The Morgan fingerprint density at radius 3 is 2.57 bits per heavy atom. The van der Waals surface area contributed by atoms with Gasteiger partial charge in [-0.3, -0.25) is 9.59 Å². The van der Waals surface area contributed by atoms with Crippen LogP contribution in [0.4, 0.5) is 0 Å². The van der Waals surface area contributed by atoms with Crippen molar-refractivity contribution in [1.82, 2.24) is 9.55 Å². The van der Waals surface area contributed by atoms with Gasteiger partial charge in [0.15, 0.2) is 0 Å². The second-order valence-corrected chi connectivity index (χ2v) is 2.99. The summed E-state index contributed by atoms with van der Waals surface area (Å²) in [7, 11) is 1.69. The average Bonchev–Trinajstić information content (AvgIpc) is 2.51. The molecule has 0 radical (unpaired) electrons. The maximum absolute atomic E-state index is 11.4. The smallest absolute Gasteiger partial charge is 0.206 e. The van der Waals surface area contributed by atoms with Gasteiger partial charge in [-0.2, -0.15) is 0 Å². The molecular formula is C10H8N2O2. The van der Waals surface area contributed by atoms with Crippen LogP contribution in [0.25, 0.3) is 6.08 Å². The molecule has 0 aromatic carbocycles. The van der Waals surface area contributed by atoms with Crippen LogP contribution in [0.15, 0.2) is 18.7 Å². The summed E-state index contributed by atoms with van der Waals surface area (Å²) in [6, 6.07) is 0. The van der Waals surface area contributed by atoms with E-state index in [-0.39, 0.29) is 17.3 Å². The molecule has 1 heterocycles. The third kappa shape index (κ3) is 0.970. The summed E-state index contributed by atoms with van der Waals surface area (Å²) in [4.78, 5) is 26.8. The molecule has 70 valence electrons. The first-order valence-electron chi connectivity index (χ1n) is 4.11. The van der Waals surface area contributed by atoms with Gasteiger partial charge in [-0.05, 0) is 18.2 Å². The lowest BCUT2D eigenvalue weighted by Gasteiger charge is -2.03. The molecule has 4 nitrogen and oxygen atoms in total. The number of fused-ring (bicyclic) bond motifs is 1. The lowest BCUT2D eigenvalue weighted by atomic mass is 10.1. The molecule has 0 bridgehead atoms. The quantitative estimate of drug-likeness (QED) is 0.660. The van der Waals surface area contributed by atoms with Gasteiger partial charge in [0.25, 0.3) is 0 Å². The maximum atomic E-state index is 11.4. The van der Waals surface area contributed by atoms with E-state index >= 15 is 0 Å². The first kappa shape index (κ1) is 8.62. The molecule has 1 aromatic rings. The van der Waals surface area contributed by atoms with Crippen molar-refractivity contribution in [2.75, 3.05) is 0 Å². The van der Waals surface area contributed by atoms with Crippen LogP contribution in [0.5, 0.6) is 0 Å². The molecule has 0 spiro atoms. The van der Waals surface area contributed by atoms with E-state index in [2.05, 4.69) is 11.6 Å². The van der Waals surface area contributed by atoms with E-state index in [0.717, 1.165) is 0 Å². The van der Waals surface area contributed by atoms with Crippen LogP contribution in [0, 0.1) is 0 Å². The maximum Gasteiger partial charge on any atom is 0.206 e. The summed E-state index contributed by atoms with van der Waals surface area (Å²) in [6.07, 6.45) is 4.02. The Labute approximate surface area is 80.6 Å². The Kier molecular flexibility index (Phi) is 1.70. The van der Waals surface area contributed by atoms with Gasteiger partial charge < -0.3 is 4.57 Å². The number of imidazole rings is 1. The highest BCUT2D eigenvalue weighted by Gasteiger charge is 2.25. The van der Waals surface area contributed by atoms with Gasteiger partial charge in [0.2, 0.25) is 11.6 Å². The number of hydrogen-bond acceptors (Lipinski definition) is 3. The van der Waals surface area contributed by atoms with Crippen molar-refractivity contribution in [3.63, 3.8) is 0 Å². The zero-order valence-corrected chi connectivity index (χ0v) is 7.65. The standard InChI is InChI=1S/C10H8N2O2/c1-3-8-11-9-6(13)4-5-7(14)10(9)12(8)2/h3-5H,1H2,2H3. The monoisotopic (exact) mass is 188 g/mol. The van der Waals surface area contributed by atoms with E-state index in [1.807, 2.05) is 0 Å². The SMILES string of the molecule is C=Cc1nc2c(n1C)C(=O)C=CC2=O. The number of hydrogen-bond donors (Lipinski definition) is 0. The highest BCUT2D eigenvalue weighted by Crippen LogP contribution is 2.17. The molecule has 4 heteroatoms. The number of allylic oxidation sites excluding steroid dienone is 2. The molecule has 0 aliphatic heterocycles. The Morgan fingerprint density at radius 2 is 2.00 bits per heavy atom. The van der Waals surface area contributed by atoms with Gasteiger partial charge in [-0.1, -0.05) is 6.58 Å². The molecular weight excluding hydrogens is 180 g/mol. The second kappa shape index (κ2) is 2.77. The van der Waals surface area contributed by atoms with Crippen LogP contribution in [0.1, 0.15) is 26.8 Å². The van der Waals surface area contributed by atoms with Crippen molar-refractivity contribution in [1.29, 1.82) is 0 Å². The fraction of sp³-hybridized carbons (Fsp3) is 0.100. The number of carbonyl (C=O) groups is 2. The lowest BCUT2D eigenvalue weighted by Crippen LogP contribution is -2.14. The van der Waals surface area contributed by atoms with Crippen LogP contribution < -0.4 is 0 Å². The van der Waals surface area contributed by atoms with Crippen molar-refractivity contribution < 1.29 is 9.59 Å². The van der Waals surface area contributed by atoms with Crippen molar-refractivity contribution >= 4 is 17.6 Å². The highest BCUT2D eigenvalue weighted by atomic mass is 16.1. The minimum atomic E-state index is -0.233. The Hall–Kier alpha value is -1.97. The molecule has 2 rings (SSSR count). The van der Waals surface area contributed by atoms with Gasteiger partial charge in [0.1, 0.15) is 17.2 Å². The third-order valence-corrected chi connectivity index (χ3v) is 2.17. The molecule has 1 aromatic heterocycles. The van der Waals surface area contributed by atoms with Crippen molar-refractivity contribution in [2.24, 2.45) is 7.05 Å². The lowest BCUT2D eigenvalue weighted by molar-refractivity contribution is 0.0987. The van der Waals surface area contributed by atoms with Gasteiger partial charge >= 0.3 is 0 Å². The number of ketones is 2. The fourth-order valence-corrected chi connectivity index (χ4v) is 1.46. The molecule has 0 unspecified atom stereocenters. The molecule has 1 aliphatic carbocycles. The number of aromatic nitrogens is 2. The predicted octanol–water partition coefficient (Wildman–Crippen LogP) is 0.998. The first-order chi connectivity index (χ1) is 6.65. The molecule has 0 N–H and O–H groups in total. The largest absolute Gasteiger partial charge is 0.324 e. The van der Waals surface area contributed by atoms with Crippen LogP contribution in [0.3, 0.4) is 0 Å². The summed E-state index contributed by atoms with van der Waals surface area (Å²) >= 11 is 0. The van der Waals surface area contributed by atoms with Gasteiger partial charge in [0.05, 0.1) is 0 Å². The zero-order chi connectivity index (χ0) is 10.3. The van der Waals surface area contributed by atoms with Gasteiger partial charge in [-0.25, -0.2) is 4.98 Å². The van der Waals surface area contributed by atoms with E-state index < -0.39 is 0 Å². The van der Waals surface area contributed by atoms with Crippen molar-refractivity contribution in [2.45, 2.75) is 0 Å². The highest BCUT2D eigenvalue weighted by molar-refractivity contribution is 6.20. The number of carbonyl (C=O) groups excluding carboxylic acids is 2. The van der Waals surface area contributed by atoms with Crippen molar-refractivity contribution in [3.8, 4) is 0 Å². The second-order valence-electron chi connectivity index (χ2n) is 2.99. The van der Waals surface area contributed by atoms with E-state index in [1.54, 1.807) is 11.6 Å². The topological polar surface area (TPSA) is 52.0 Å². The normalized spacial score (nSPS) is 14.4. The summed E-state index contributed by atoms with van der Waals surface area (Å²) in [6.45, 7) is 3.56. The molecule has 0 fully saturated rings. The summed E-state index contributed by atoms with van der Waals surface area (Å²) in [5, 5.41) is 0. The summed E-state index contributed by atoms with van der Waals surface area (Å²) in [5.74, 6) is 0.103. The van der Waals surface area contributed by atoms with Crippen LogP contribution in [0.2, 0.25) is 0 Å². The molecule has 0 atom stereocenters. The Balaban J connectivity index is 2.75. The molecule has 14 heavy (non-hydrogen) atoms. The summed E-state index contributed by atoms with van der Waals surface area (Å²) < 4.78 is 1.58.